The molecule has 1 aliphatic rings. The van der Waals surface area contributed by atoms with Crippen molar-refractivity contribution in [1.82, 2.24) is 0 Å². The molecule has 1 fully saturated rings. The Bertz CT molecular complexity index is 140. The highest BCUT2D eigenvalue weighted by molar-refractivity contribution is 5.80. The van der Waals surface area contributed by atoms with Gasteiger partial charge in [-0.1, -0.05) is 39.0 Å². The summed E-state index contributed by atoms with van der Waals surface area (Å²) in [6.45, 7) is 2.24. The summed E-state index contributed by atoms with van der Waals surface area (Å²) in [5.74, 6) is 1.24. The van der Waals surface area contributed by atoms with E-state index >= 15 is 0 Å². The van der Waals surface area contributed by atoms with Crippen LogP contribution < -0.4 is 0 Å². The normalized spacial score (nSPS) is 23.4. The molecule has 0 radical (unpaired) electrons. The Labute approximate surface area is 75.5 Å². The van der Waals surface area contributed by atoms with E-state index in [9.17, 15) is 4.79 Å². The predicted molar refractivity (Wildman–Crippen MR) is 51.1 cm³/mol. The number of carbonyl (C=O) groups excluding carboxylic acids is 1. The zero-order valence-corrected chi connectivity index (χ0v) is 8.14. The fourth-order valence-corrected chi connectivity index (χ4v) is 2.00. The summed E-state index contributed by atoms with van der Waals surface area (Å²) in [4.78, 5) is 10.9. The maximum Gasteiger partial charge on any atom is 0.133 e. The molecule has 0 spiro atoms. The van der Waals surface area contributed by atoms with E-state index in [1.165, 1.54) is 38.5 Å². The van der Waals surface area contributed by atoms with Gasteiger partial charge in [0.25, 0.3) is 0 Å². The molecule has 0 saturated heterocycles. The predicted octanol–water partition coefficient (Wildman–Crippen LogP) is 3.33. The number of rotatable bonds is 5. The maximum atomic E-state index is 10.9. The van der Waals surface area contributed by atoms with Gasteiger partial charge in [0, 0.05) is 12.8 Å². The number of carbonyl (C=O) groups is 1. The van der Waals surface area contributed by atoms with E-state index in [0.717, 1.165) is 18.8 Å². The van der Waals surface area contributed by atoms with Gasteiger partial charge in [-0.3, -0.25) is 4.79 Å². The van der Waals surface area contributed by atoms with E-state index in [0.29, 0.717) is 5.78 Å². The second kappa shape index (κ2) is 5.34. The summed E-state index contributed by atoms with van der Waals surface area (Å²) < 4.78 is 0. The Morgan fingerprint density at radius 1 is 1.33 bits per heavy atom. The molecular weight excluding hydrogens is 149 g/mol. The summed E-state index contributed by atoms with van der Waals surface area (Å²) in [7, 11) is 0. The van der Waals surface area contributed by atoms with Crippen LogP contribution >= 0.6 is 0 Å². The minimum absolute atomic E-state index is 0.496. The molecule has 0 aromatic rings. The molecule has 0 aromatic heterocycles. The number of Topliss-reactive ketones (excluding diaryl/α,β-unsaturated/α-hetero) is 1. The molecule has 0 N–H and O–H groups in total. The fraction of sp³-hybridized carbons (Fsp3) is 0.909. The van der Waals surface area contributed by atoms with Crippen LogP contribution in [-0.4, -0.2) is 5.78 Å². The second-order valence-corrected chi connectivity index (χ2v) is 4.00. The van der Waals surface area contributed by atoms with Crippen molar-refractivity contribution in [2.24, 2.45) is 5.92 Å². The SMILES string of the molecule is CCCCCCC1C[13CH2]C(=O)C1. The van der Waals surface area contributed by atoms with Crippen LogP contribution in [0.25, 0.3) is 0 Å². The van der Waals surface area contributed by atoms with Crippen molar-refractivity contribution >= 4 is 5.78 Å². The summed E-state index contributed by atoms with van der Waals surface area (Å²) in [6, 6.07) is 0. The lowest BCUT2D eigenvalue weighted by molar-refractivity contribution is -0.117. The van der Waals surface area contributed by atoms with Crippen LogP contribution in [0.5, 0.6) is 0 Å². The quantitative estimate of drug-likeness (QED) is 0.455. The van der Waals surface area contributed by atoms with E-state index < -0.39 is 0 Å². The van der Waals surface area contributed by atoms with Gasteiger partial charge in [-0.15, -0.1) is 0 Å². The third kappa shape index (κ3) is 3.38. The lowest BCUT2D eigenvalue weighted by atomic mass is 10.00. The molecule has 1 aliphatic carbocycles. The highest BCUT2D eigenvalue weighted by Gasteiger charge is 2.20. The number of hydrogen-bond acceptors (Lipinski definition) is 1. The maximum absolute atomic E-state index is 10.9. The van der Waals surface area contributed by atoms with Crippen molar-refractivity contribution in [1.29, 1.82) is 0 Å². The van der Waals surface area contributed by atoms with Crippen LogP contribution in [-0.2, 0) is 4.79 Å². The highest BCUT2D eigenvalue weighted by Crippen LogP contribution is 2.26. The van der Waals surface area contributed by atoms with E-state index in [2.05, 4.69) is 6.92 Å². The first-order valence-corrected chi connectivity index (χ1v) is 5.34. The van der Waals surface area contributed by atoms with Crippen molar-refractivity contribution in [3.05, 3.63) is 0 Å². The molecule has 1 atom stereocenters. The minimum atomic E-state index is 0.496. The molecule has 0 aliphatic heterocycles. The molecular formula is C11H20O. The van der Waals surface area contributed by atoms with Crippen LogP contribution in [0.15, 0.2) is 0 Å². The van der Waals surface area contributed by atoms with Gasteiger partial charge in [0.05, 0.1) is 0 Å². The second-order valence-electron chi connectivity index (χ2n) is 4.00. The molecule has 1 saturated carbocycles. The van der Waals surface area contributed by atoms with Gasteiger partial charge in [0.2, 0.25) is 0 Å². The zero-order chi connectivity index (χ0) is 8.81. The van der Waals surface area contributed by atoms with Gasteiger partial charge in [-0.2, -0.15) is 0 Å². The van der Waals surface area contributed by atoms with E-state index in [1.54, 1.807) is 0 Å². The number of hydrogen-bond donors (Lipinski definition) is 0. The van der Waals surface area contributed by atoms with Crippen molar-refractivity contribution in [2.75, 3.05) is 0 Å². The summed E-state index contributed by atoms with van der Waals surface area (Å²) in [6.07, 6.45) is 9.58. The summed E-state index contributed by atoms with van der Waals surface area (Å²) >= 11 is 0. The van der Waals surface area contributed by atoms with E-state index in [1.807, 2.05) is 0 Å². The van der Waals surface area contributed by atoms with Crippen molar-refractivity contribution in [3.63, 3.8) is 0 Å². The summed E-state index contributed by atoms with van der Waals surface area (Å²) in [5.41, 5.74) is 0. The Morgan fingerprint density at radius 3 is 2.75 bits per heavy atom. The zero-order valence-electron chi connectivity index (χ0n) is 8.14. The van der Waals surface area contributed by atoms with Crippen LogP contribution in [0, 0.1) is 5.92 Å². The first kappa shape index (κ1) is 9.76. The van der Waals surface area contributed by atoms with Crippen molar-refractivity contribution in [2.45, 2.75) is 58.3 Å². The Kier molecular flexibility index (Phi) is 4.34. The van der Waals surface area contributed by atoms with Crippen LogP contribution in [0.2, 0.25) is 0 Å². The number of ketones is 1. The van der Waals surface area contributed by atoms with Crippen LogP contribution in [0.1, 0.15) is 58.3 Å². The lowest BCUT2D eigenvalue weighted by Crippen LogP contribution is -1.94. The first-order valence-electron chi connectivity index (χ1n) is 5.34. The average molecular weight is 169 g/mol. The number of unbranched alkanes of at least 4 members (excludes halogenated alkanes) is 3. The van der Waals surface area contributed by atoms with Gasteiger partial charge >= 0.3 is 0 Å². The molecule has 1 nitrogen and oxygen atoms in total. The monoisotopic (exact) mass is 169 g/mol. The molecule has 1 heteroatoms. The van der Waals surface area contributed by atoms with Crippen LogP contribution in [0.4, 0.5) is 0 Å². The molecule has 1 rings (SSSR count). The van der Waals surface area contributed by atoms with Crippen molar-refractivity contribution < 1.29 is 4.79 Å². The first-order chi connectivity index (χ1) is 5.83. The largest absolute Gasteiger partial charge is 0.300 e. The van der Waals surface area contributed by atoms with Crippen LogP contribution in [0.3, 0.4) is 0 Å². The standard InChI is InChI=1S/C11H20O/c1-2-3-4-5-6-10-7-8-11(12)9-10/h10H,2-9H2,1H3/i8+1. The smallest absolute Gasteiger partial charge is 0.133 e. The Hall–Kier alpha value is -0.330. The summed E-state index contributed by atoms with van der Waals surface area (Å²) in [5, 5.41) is 0. The van der Waals surface area contributed by atoms with Gasteiger partial charge in [0.1, 0.15) is 5.78 Å². The third-order valence-corrected chi connectivity index (χ3v) is 2.81. The average Bonchev–Trinajstić information content (AvgIpc) is 2.45. The highest BCUT2D eigenvalue weighted by atomic mass is 16.1. The lowest BCUT2D eigenvalue weighted by Gasteiger charge is -2.06. The third-order valence-electron chi connectivity index (χ3n) is 2.81. The van der Waals surface area contributed by atoms with Crippen molar-refractivity contribution in [3.8, 4) is 0 Å². The molecule has 0 bridgehead atoms. The van der Waals surface area contributed by atoms with Gasteiger partial charge < -0.3 is 0 Å². The topological polar surface area (TPSA) is 17.1 Å². The minimum Gasteiger partial charge on any atom is -0.300 e. The Balaban J connectivity index is 1.97. The Morgan fingerprint density at radius 2 is 2.17 bits per heavy atom. The molecule has 12 heavy (non-hydrogen) atoms. The molecule has 0 heterocycles. The molecule has 0 aromatic carbocycles. The fourth-order valence-electron chi connectivity index (χ4n) is 2.00. The van der Waals surface area contributed by atoms with E-state index in [-0.39, 0.29) is 0 Å². The molecule has 1 unspecified atom stereocenters. The van der Waals surface area contributed by atoms with E-state index in [4.69, 9.17) is 0 Å². The molecule has 0 amide bonds. The molecule has 70 valence electrons. The van der Waals surface area contributed by atoms with Gasteiger partial charge in [0.15, 0.2) is 0 Å². The van der Waals surface area contributed by atoms with Gasteiger partial charge in [-0.05, 0) is 12.3 Å². The van der Waals surface area contributed by atoms with Gasteiger partial charge in [-0.25, -0.2) is 0 Å².